The zero-order valence-corrected chi connectivity index (χ0v) is 15.8. The second-order valence-electron chi connectivity index (χ2n) is 5.96. The Balaban J connectivity index is 1.65. The van der Waals surface area contributed by atoms with E-state index < -0.39 is 18.0 Å². The van der Waals surface area contributed by atoms with Crippen molar-refractivity contribution < 1.29 is 18.7 Å². The molecule has 3 N–H and O–H groups in total. The second-order valence-corrected chi connectivity index (χ2v) is 6.82. The molecular weight excluding hydrogens is 381 g/mol. The van der Waals surface area contributed by atoms with Gasteiger partial charge in [-0.2, -0.15) is 0 Å². The molecule has 0 saturated carbocycles. The molecule has 28 heavy (non-hydrogen) atoms. The fourth-order valence-corrected chi connectivity index (χ4v) is 3.18. The van der Waals surface area contributed by atoms with Crippen LogP contribution in [0.15, 0.2) is 53.9 Å². The van der Waals surface area contributed by atoms with Crippen LogP contribution in [-0.2, 0) is 9.53 Å². The van der Waals surface area contributed by atoms with Crippen molar-refractivity contribution in [3.05, 3.63) is 65.3 Å². The molecule has 0 bridgehead atoms. The molecule has 0 aliphatic rings. The van der Waals surface area contributed by atoms with Gasteiger partial charge in [-0.1, -0.05) is 13.0 Å². The van der Waals surface area contributed by atoms with Gasteiger partial charge >= 0.3 is 5.97 Å². The van der Waals surface area contributed by atoms with E-state index in [1.807, 2.05) is 0 Å². The molecule has 0 saturated heterocycles. The Bertz CT molecular complexity index is 988. The number of thiazole rings is 1. The van der Waals surface area contributed by atoms with Crippen molar-refractivity contribution in [3.63, 3.8) is 0 Å². The molecular formula is C20H18FN3O3S. The van der Waals surface area contributed by atoms with Gasteiger partial charge in [0, 0.05) is 16.6 Å². The number of anilines is 2. The molecule has 2 aromatic carbocycles. The zero-order valence-electron chi connectivity index (χ0n) is 15.0. The van der Waals surface area contributed by atoms with Gasteiger partial charge in [-0.15, -0.1) is 11.3 Å². The highest BCUT2D eigenvalue weighted by molar-refractivity contribution is 7.14. The lowest BCUT2D eigenvalue weighted by Gasteiger charge is -2.15. The largest absolute Gasteiger partial charge is 0.449 e. The number of nitrogens with one attached hydrogen (secondary N) is 1. The van der Waals surface area contributed by atoms with Gasteiger partial charge in [0.05, 0.1) is 11.3 Å². The molecule has 0 aliphatic heterocycles. The molecule has 1 aromatic heterocycles. The summed E-state index contributed by atoms with van der Waals surface area (Å²) < 4.78 is 18.3. The third kappa shape index (κ3) is 4.72. The van der Waals surface area contributed by atoms with Crippen LogP contribution < -0.4 is 11.1 Å². The SMILES string of the molecule is CCC(OC(=O)c1cccc(N)c1)C(=O)Nc1nc(-c2ccc(F)cc2)cs1. The number of hydrogen-bond acceptors (Lipinski definition) is 6. The molecule has 3 aromatic rings. The van der Waals surface area contributed by atoms with Crippen LogP contribution in [0.5, 0.6) is 0 Å². The van der Waals surface area contributed by atoms with Crippen LogP contribution in [0.1, 0.15) is 23.7 Å². The number of aromatic nitrogens is 1. The first-order valence-corrected chi connectivity index (χ1v) is 9.43. The normalized spacial score (nSPS) is 11.6. The monoisotopic (exact) mass is 399 g/mol. The highest BCUT2D eigenvalue weighted by Gasteiger charge is 2.23. The van der Waals surface area contributed by atoms with Gasteiger partial charge in [-0.05, 0) is 48.9 Å². The predicted molar refractivity (Wildman–Crippen MR) is 106 cm³/mol. The summed E-state index contributed by atoms with van der Waals surface area (Å²) in [7, 11) is 0. The predicted octanol–water partition coefficient (Wildman–Crippen LogP) is 4.11. The minimum atomic E-state index is -0.966. The first-order valence-electron chi connectivity index (χ1n) is 8.55. The Labute approximate surface area is 165 Å². The molecule has 1 heterocycles. The summed E-state index contributed by atoms with van der Waals surface area (Å²) in [6, 6.07) is 12.3. The van der Waals surface area contributed by atoms with Gasteiger partial charge < -0.3 is 10.5 Å². The highest BCUT2D eigenvalue weighted by Crippen LogP contribution is 2.25. The standard InChI is InChI=1S/C20H18FN3O3S/c1-2-17(27-19(26)13-4-3-5-15(22)10-13)18(25)24-20-23-16(11-28-20)12-6-8-14(21)9-7-12/h3-11,17H,2,22H2,1H3,(H,23,24,25). The Morgan fingerprint density at radius 2 is 2.00 bits per heavy atom. The lowest BCUT2D eigenvalue weighted by atomic mass is 10.2. The average molecular weight is 399 g/mol. The second kappa shape index (κ2) is 8.62. The molecule has 6 nitrogen and oxygen atoms in total. The summed E-state index contributed by atoms with van der Waals surface area (Å²) in [5.74, 6) is -1.43. The van der Waals surface area contributed by atoms with Crippen LogP contribution >= 0.6 is 11.3 Å². The Morgan fingerprint density at radius 3 is 2.68 bits per heavy atom. The molecule has 1 amide bonds. The Hall–Kier alpha value is -3.26. The molecule has 1 atom stereocenters. The highest BCUT2D eigenvalue weighted by atomic mass is 32.1. The smallest absolute Gasteiger partial charge is 0.338 e. The fraction of sp³-hybridized carbons (Fsp3) is 0.150. The Kier molecular flexibility index (Phi) is 6.00. The van der Waals surface area contributed by atoms with E-state index in [1.54, 1.807) is 42.6 Å². The van der Waals surface area contributed by atoms with Crippen LogP contribution in [0.3, 0.4) is 0 Å². The lowest BCUT2D eigenvalue weighted by Crippen LogP contribution is -2.32. The Morgan fingerprint density at radius 1 is 1.25 bits per heavy atom. The zero-order chi connectivity index (χ0) is 20.1. The molecule has 0 spiro atoms. The quantitative estimate of drug-likeness (QED) is 0.481. The van der Waals surface area contributed by atoms with Gasteiger partial charge in [0.1, 0.15) is 5.82 Å². The van der Waals surface area contributed by atoms with E-state index in [0.29, 0.717) is 22.9 Å². The van der Waals surface area contributed by atoms with Crippen molar-refractivity contribution in [2.75, 3.05) is 11.1 Å². The maximum absolute atomic E-state index is 13.0. The van der Waals surface area contributed by atoms with E-state index in [0.717, 1.165) is 5.56 Å². The van der Waals surface area contributed by atoms with Crippen molar-refractivity contribution in [1.29, 1.82) is 0 Å². The third-order valence-electron chi connectivity index (χ3n) is 3.91. The van der Waals surface area contributed by atoms with E-state index in [4.69, 9.17) is 10.5 Å². The average Bonchev–Trinajstić information content (AvgIpc) is 3.14. The number of esters is 1. The fourth-order valence-electron chi connectivity index (χ4n) is 2.46. The van der Waals surface area contributed by atoms with Crippen molar-refractivity contribution >= 4 is 34.0 Å². The van der Waals surface area contributed by atoms with Crippen LogP contribution in [0.25, 0.3) is 11.3 Å². The summed E-state index contributed by atoms with van der Waals surface area (Å²) in [5.41, 5.74) is 7.73. The van der Waals surface area contributed by atoms with E-state index in [1.165, 1.54) is 29.5 Å². The molecule has 144 valence electrons. The van der Waals surface area contributed by atoms with Crippen LogP contribution in [-0.4, -0.2) is 23.0 Å². The first kappa shape index (κ1) is 19.5. The maximum Gasteiger partial charge on any atom is 0.338 e. The van der Waals surface area contributed by atoms with Crippen molar-refractivity contribution in [2.24, 2.45) is 0 Å². The molecule has 3 rings (SSSR count). The number of hydrogen-bond donors (Lipinski definition) is 2. The van der Waals surface area contributed by atoms with E-state index in [2.05, 4.69) is 10.3 Å². The number of carbonyl (C=O) groups excluding carboxylic acids is 2. The number of amides is 1. The van der Waals surface area contributed by atoms with Crippen LogP contribution in [0.4, 0.5) is 15.2 Å². The van der Waals surface area contributed by atoms with Crippen LogP contribution in [0, 0.1) is 5.82 Å². The van der Waals surface area contributed by atoms with Gasteiger partial charge in [0.2, 0.25) is 0 Å². The number of rotatable bonds is 6. The topological polar surface area (TPSA) is 94.3 Å². The van der Waals surface area contributed by atoms with E-state index in [-0.39, 0.29) is 11.4 Å². The first-order chi connectivity index (χ1) is 13.5. The van der Waals surface area contributed by atoms with Crippen molar-refractivity contribution in [2.45, 2.75) is 19.4 Å². The third-order valence-corrected chi connectivity index (χ3v) is 4.67. The minimum absolute atomic E-state index is 0.277. The van der Waals surface area contributed by atoms with Gasteiger partial charge in [0.15, 0.2) is 11.2 Å². The summed E-state index contributed by atoms with van der Waals surface area (Å²) in [5, 5.41) is 4.77. The molecule has 0 aliphatic carbocycles. The number of nitrogens with two attached hydrogens (primary N) is 1. The number of ether oxygens (including phenoxy) is 1. The van der Waals surface area contributed by atoms with E-state index >= 15 is 0 Å². The molecule has 0 fully saturated rings. The van der Waals surface area contributed by atoms with Crippen molar-refractivity contribution in [3.8, 4) is 11.3 Å². The summed E-state index contributed by atoms with van der Waals surface area (Å²) in [6.07, 6.45) is -0.664. The van der Waals surface area contributed by atoms with E-state index in [9.17, 15) is 14.0 Å². The van der Waals surface area contributed by atoms with Crippen molar-refractivity contribution in [1.82, 2.24) is 4.98 Å². The summed E-state index contributed by atoms with van der Waals surface area (Å²) >= 11 is 1.23. The summed E-state index contributed by atoms with van der Waals surface area (Å²) in [4.78, 5) is 29.0. The number of nitrogens with zero attached hydrogens (tertiary/aromatic N) is 1. The minimum Gasteiger partial charge on any atom is -0.449 e. The maximum atomic E-state index is 13.0. The van der Waals surface area contributed by atoms with Crippen LogP contribution in [0.2, 0.25) is 0 Å². The molecule has 8 heteroatoms. The number of nitrogen functional groups attached to an aromatic ring is 1. The number of carbonyl (C=O) groups is 2. The number of halogens is 1. The van der Waals surface area contributed by atoms with Gasteiger partial charge in [-0.25, -0.2) is 14.2 Å². The number of benzene rings is 2. The lowest BCUT2D eigenvalue weighted by molar-refractivity contribution is -0.124. The summed E-state index contributed by atoms with van der Waals surface area (Å²) in [6.45, 7) is 1.74. The van der Waals surface area contributed by atoms with Gasteiger partial charge in [-0.3, -0.25) is 10.1 Å². The molecule has 0 radical (unpaired) electrons. The molecule has 1 unspecified atom stereocenters. The van der Waals surface area contributed by atoms with Gasteiger partial charge in [0.25, 0.3) is 5.91 Å².